The van der Waals surface area contributed by atoms with Crippen LogP contribution in [0.15, 0.2) is 30.3 Å². The van der Waals surface area contributed by atoms with Crippen LogP contribution in [0.25, 0.3) is 0 Å². The van der Waals surface area contributed by atoms with Crippen molar-refractivity contribution in [3.63, 3.8) is 0 Å². The molecular weight excluding hydrogens is 230 g/mol. The normalized spacial score (nSPS) is 10.8. The molecule has 0 radical (unpaired) electrons. The molecule has 0 spiro atoms. The third-order valence-electron chi connectivity index (χ3n) is 2.55. The van der Waals surface area contributed by atoms with Gasteiger partial charge in [-0.2, -0.15) is 0 Å². The highest BCUT2D eigenvalue weighted by molar-refractivity contribution is 5.20. The highest BCUT2D eigenvalue weighted by Crippen LogP contribution is 2.08. The second-order valence-electron chi connectivity index (χ2n) is 4.15. The van der Waals surface area contributed by atoms with Crippen LogP contribution in [0.2, 0.25) is 0 Å². The maximum absolute atomic E-state index is 8.56. The average molecular weight is 253 g/mol. The number of likely N-dealkylation sites (N-methyl/N-ethyl adjacent to an activating group) is 1. The zero-order valence-electron chi connectivity index (χ0n) is 11.0. The lowest BCUT2D eigenvalue weighted by Crippen LogP contribution is -2.25. The van der Waals surface area contributed by atoms with E-state index in [-0.39, 0.29) is 6.61 Å². The second kappa shape index (κ2) is 9.88. The van der Waals surface area contributed by atoms with Crippen molar-refractivity contribution in [3.8, 4) is 5.75 Å². The maximum Gasteiger partial charge on any atom is 0.119 e. The standard InChI is InChI=1S/C14H23NO3/c1-15(9-12-17-13-10-16)8-5-11-18-14-6-3-2-4-7-14/h2-4,6-7,16H,5,8-13H2,1H3. The summed E-state index contributed by atoms with van der Waals surface area (Å²) in [5.74, 6) is 0.923. The van der Waals surface area contributed by atoms with E-state index in [0.717, 1.165) is 31.9 Å². The molecule has 0 bridgehead atoms. The minimum atomic E-state index is 0.0919. The van der Waals surface area contributed by atoms with Crippen molar-refractivity contribution in [2.75, 3.05) is 46.6 Å². The minimum absolute atomic E-state index is 0.0919. The molecule has 1 aromatic carbocycles. The van der Waals surface area contributed by atoms with E-state index in [1.807, 2.05) is 30.3 Å². The minimum Gasteiger partial charge on any atom is -0.494 e. The Labute approximate surface area is 109 Å². The van der Waals surface area contributed by atoms with Gasteiger partial charge in [0.1, 0.15) is 5.75 Å². The van der Waals surface area contributed by atoms with Crippen LogP contribution in [-0.2, 0) is 4.74 Å². The van der Waals surface area contributed by atoms with E-state index in [4.69, 9.17) is 14.6 Å². The molecule has 0 heterocycles. The van der Waals surface area contributed by atoms with Crippen LogP contribution < -0.4 is 4.74 Å². The molecule has 1 N–H and O–H groups in total. The van der Waals surface area contributed by atoms with Crippen molar-refractivity contribution in [1.29, 1.82) is 0 Å². The van der Waals surface area contributed by atoms with Gasteiger partial charge in [-0.1, -0.05) is 18.2 Å². The summed E-state index contributed by atoms with van der Waals surface area (Å²) in [6.07, 6.45) is 0.991. The van der Waals surface area contributed by atoms with E-state index in [9.17, 15) is 0 Å². The largest absolute Gasteiger partial charge is 0.494 e. The van der Waals surface area contributed by atoms with E-state index >= 15 is 0 Å². The molecule has 0 aliphatic rings. The van der Waals surface area contributed by atoms with Crippen molar-refractivity contribution in [2.45, 2.75) is 6.42 Å². The Balaban J connectivity index is 1.97. The van der Waals surface area contributed by atoms with Crippen molar-refractivity contribution >= 4 is 0 Å². The molecule has 0 aliphatic carbocycles. The summed E-state index contributed by atoms with van der Waals surface area (Å²) in [5, 5.41) is 8.56. The summed E-state index contributed by atoms with van der Waals surface area (Å²) in [6, 6.07) is 9.85. The summed E-state index contributed by atoms with van der Waals surface area (Å²) >= 11 is 0. The van der Waals surface area contributed by atoms with Crippen molar-refractivity contribution in [1.82, 2.24) is 4.90 Å². The van der Waals surface area contributed by atoms with Crippen LogP contribution in [0.4, 0.5) is 0 Å². The topological polar surface area (TPSA) is 41.9 Å². The molecular formula is C14H23NO3. The molecule has 18 heavy (non-hydrogen) atoms. The third-order valence-corrected chi connectivity index (χ3v) is 2.55. The number of hydrogen-bond acceptors (Lipinski definition) is 4. The highest BCUT2D eigenvalue weighted by Gasteiger charge is 1.98. The Bertz CT molecular complexity index is 292. The van der Waals surface area contributed by atoms with Gasteiger partial charge in [0.2, 0.25) is 0 Å². The average Bonchev–Trinajstić information content (AvgIpc) is 2.41. The predicted molar refractivity (Wildman–Crippen MR) is 72.0 cm³/mol. The number of benzene rings is 1. The molecule has 1 aromatic rings. The highest BCUT2D eigenvalue weighted by atomic mass is 16.5. The SMILES string of the molecule is CN(CCCOc1ccccc1)CCOCCO. The number of hydrogen-bond donors (Lipinski definition) is 1. The third kappa shape index (κ3) is 7.27. The quantitative estimate of drug-likeness (QED) is 0.640. The molecule has 0 aliphatic heterocycles. The number of rotatable bonds is 10. The first-order valence-electron chi connectivity index (χ1n) is 6.38. The van der Waals surface area contributed by atoms with Crippen molar-refractivity contribution in [3.05, 3.63) is 30.3 Å². The van der Waals surface area contributed by atoms with Gasteiger partial charge in [-0.3, -0.25) is 0 Å². The van der Waals surface area contributed by atoms with E-state index in [2.05, 4.69) is 11.9 Å². The molecule has 0 amide bonds. The fourth-order valence-corrected chi connectivity index (χ4v) is 1.54. The Morgan fingerprint density at radius 2 is 1.83 bits per heavy atom. The van der Waals surface area contributed by atoms with E-state index in [0.29, 0.717) is 13.2 Å². The molecule has 0 atom stereocenters. The number of para-hydroxylation sites is 1. The van der Waals surface area contributed by atoms with Gasteiger partial charge < -0.3 is 19.5 Å². The Morgan fingerprint density at radius 1 is 1.06 bits per heavy atom. The van der Waals surface area contributed by atoms with Gasteiger partial charge in [0, 0.05) is 13.1 Å². The number of ether oxygens (including phenoxy) is 2. The van der Waals surface area contributed by atoms with Crippen LogP contribution >= 0.6 is 0 Å². The van der Waals surface area contributed by atoms with Crippen LogP contribution in [0.3, 0.4) is 0 Å². The zero-order chi connectivity index (χ0) is 13.1. The van der Waals surface area contributed by atoms with Gasteiger partial charge in [-0.05, 0) is 25.6 Å². The number of aliphatic hydroxyl groups excluding tert-OH is 1. The Kier molecular flexibility index (Phi) is 8.21. The lowest BCUT2D eigenvalue weighted by Gasteiger charge is -2.16. The van der Waals surface area contributed by atoms with E-state index in [1.165, 1.54) is 0 Å². The summed E-state index contributed by atoms with van der Waals surface area (Å²) in [6.45, 7) is 3.77. The molecule has 0 saturated heterocycles. The molecule has 102 valence electrons. The Morgan fingerprint density at radius 3 is 2.56 bits per heavy atom. The van der Waals surface area contributed by atoms with Crippen molar-refractivity contribution < 1.29 is 14.6 Å². The number of aliphatic hydroxyl groups is 1. The summed E-state index contributed by atoms with van der Waals surface area (Å²) in [7, 11) is 2.06. The van der Waals surface area contributed by atoms with Crippen LogP contribution in [-0.4, -0.2) is 56.6 Å². The molecule has 4 nitrogen and oxygen atoms in total. The number of nitrogens with zero attached hydrogens (tertiary/aromatic N) is 1. The lowest BCUT2D eigenvalue weighted by molar-refractivity contribution is 0.0775. The van der Waals surface area contributed by atoms with Gasteiger partial charge in [0.05, 0.1) is 26.4 Å². The smallest absolute Gasteiger partial charge is 0.119 e. The molecule has 0 fully saturated rings. The van der Waals surface area contributed by atoms with Crippen LogP contribution in [0.1, 0.15) is 6.42 Å². The van der Waals surface area contributed by atoms with Crippen LogP contribution in [0.5, 0.6) is 5.75 Å². The first-order chi connectivity index (χ1) is 8.83. The van der Waals surface area contributed by atoms with Crippen LogP contribution in [0, 0.1) is 0 Å². The first-order valence-corrected chi connectivity index (χ1v) is 6.38. The predicted octanol–water partition coefficient (Wildman–Crippen LogP) is 1.40. The van der Waals surface area contributed by atoms with E-state index < -0.39 is 0 Å². The molecule has 0 aromatic heterocycles. The first kappa shape index (κ1) is 15.0. The maximum atomic E-state index is 8.56. The van der Waals surface area contributed by atoms with Crippen molar-refractivity contribution in [2.24, 2.45) is 0 Å². The van der Waals surface area contributed by atoms with Gasteiger partial charge in [0.15, 0.2) is 0 Å². The molecule has 0 unspecified atom stereocenters. The monoisotopic (exact) mass is 253 g/mol. The second-order valence-corrected chi connectivity index (χ2v) is 4.15. The van der Waals surface area contributed by atoms with Gasteiger partial charge >= 0.3 is 0 Å². The molecule has 4 heteroatoms. The lowest BCUT2D eigenvalue weighted by atomic mass is 10.3. The summed E-state index contributed by atoms with van der Waals surface area (Å²) in [4.78, 5) is 2.20. The van der Waals surface area contributed by atoms with Gasteiger partial charge in [0.25, 0.3) is 0 Å². The fourth-order valence-electron chi connectivity index (χ4n) is 1.54. The van der Waals surface area contributed by atoms with Gasteiger partial charge in [-0.15, -0.1) is 0 Å². The summed E-state index contributed by atoms with van der Waals surface area (Å²) < 4.78 is 10.8. The molecule has 0 saturated carbocycles. The Hall–Kier alpha value is -1.10. The van der Waals surface area contributed by atoms with Gasteiger partial charge in [-0.25, -0.2) is 0 Å². The zero-order valence-corrected chi connectivity index (χ0v) is 11.0. The summed E-state index contributed by atoms with van der Waals surface area (Å²) in [5.41, 5.74) is 0. The molecule has 1 rings (SSSR count). The fraction of sp³-hybridized carbons (Fsp3) is 0.571. The van der Waals surface area contributed by atoms with E-state index in [1.54, 1.807) is 0 Å².